The minimum Gasteiger partial charge on any atom is -0.371 e. The largest absolute Gasteiger partial charge is 0.371 e. The lowest BCUT2D eigenvalue weighted by Crippen LogP contribution is -2.28. The maximum atomic E-state index is 10.6. The van der Waals surface area contributed by atoms with Crippen LogP contribution in [-0.2, 0) is 0 Å². The predicted molar refractivity (Wildman–Crippen MR) is 90.7 cm³/mol. The number of rotatable bonds is 7. The first-order valence-electron chi connectivity index (χ1n) is 7.35. The average molecular weight is 313 g/mol. The Kier molecular flexibility index (Phi) is 5.76. The molecule has 0 aliphatic carbocycles. The summed E-state index contributed by atoms with van der Waals surface area (Å²) in [6, 6.07) is 13.7. The van der Waals surface area contributed by atoms with Crippen molar-refractivity contribution in [2.75, 3.05) is 24.5 Å². The van der Waals surface area contributed by atoms with Gasteiger partial charge in [-0.1, -0.05) is 0 Å². The second kappa shape index (κ2) is 8.00. The smallest absolute Gasteiger partial charge is 0.269 e. The maximum Gasteiger partial charge on any atom is 0.269 e. The molecule has 0 radical (unpaired) electrons. The van der Waals surface area contributed by atoms with E-state index in [1.54, 1.807) is 12.1 Å². The molecule has 0 fully saturated rings. The summed E-state index contributed by atoms with van der Waals surface area (Å²) in [6.45, 7) is 4.38. The summed E-state index contributed by atoms with van der Waals surface area (Å²) in [6.07, 6.45) is 0. The second-order valence-corrected chi connectivity index (χ2v) is 4.86. The quantitative estimate of drug-likeness (QED) is 0.477. The van der Waals surface area contributed by atoms with Gasteiger partial charge in [-0.25, -0.2) is 0 Å². The van der Waals surface area contributed by atoms with Crippen LogP contribution < -0.4 is 10.6 Å². The van der Waals surface area contributed by atoms with Gasteiger partial charge < -0.3 is 10.6 Å². The number of hydrogen-bond acceptors (Lipinski definition) is 6. The lowest BCUT2D eigenvalue weighted by atomic mass is 10.2. The van der Waals surface area contributed by atoms with Gasteiger partial charge in [0, 0.05) is 37.5 Å². The first kappa shape index (κ1) is 16.6. The van der Waals surface area contributed by atoms with Crippen LogP contribution in [0.15, 0.2) is 58.8 Å². The van der Waals surface area contributed by atoms with Crippen LogP contribution in [0.4, 0.5) is 22.7 Å². The fraction of sp³-hybridized carbons (Fsp3) is 0.250. The monoisotopic (exact) mass is 313 g/mol. The number of nitrogens with zero attached hydrogens (tertiary/aromatic N) is 4. The second-order valence-electron chi connectivity index (χ2n) is 4.86. The Labute approximate surface area is 134 Å². The number of anilines is 1. The Bertz CT molecular complexity index is 668. The number of nitro benzene ring substituents is 1. The first-order valence-corrected chi connectivity index (χ1v) is 7.35. The van der Waals surface area contributed by atoms with Crippen molar-refractivity contribution in [3.63, 3.8) is 0 Å². The van der Waals surface area contributed by atoms with Gasteiger partial charge in [0.25, 0.3) is 5.69 Å². The summed E-state index contributed by atoms with van der Waals surface area (Å²) >= 11 is 0. The summed E-state index contributed by atoms with van der Waals surface area (Å²) in [4.78, 5) is 12.3. The predicted octanol–water partition coefficient (Wildman–Crippen LogP) is 3.80. The van der Waals surface area contributed by atoms with E-state index in [1.165, 1.54) is 12.1 Å². The van der Waals surface area contributed by atoms with Crippen LogP contribution in [-0.4, -0.2) is 24.6 Å². The van der Waals surface area contributed by atoms with Crippen molar-refractivity contribution in [1.29, 1.82) is 0 Å². The van der Waals surface area contributed by atoms with Crippen molar-refractivity contribution in [3.05, 3.63) is 58.6 Å². The van der Waals surface area contributed by atoms with E-state index < -0.39 is 4.92 Å². The van der Waals surface area contributed by atoms with Crippen LogP contribution in [0.2, 0.25) is 0 Å². The third-order valence-corrected chi connectivity index (χ3v) is 3.34. The molecule has 0 bridgehead atoms. The van der Waals surface area contributed by atoms with Crippen molar-refractivity contribution in [2.24, 2.45) is 16.0 Å². The van der Waals surface area contributed by atoms with E-state index in [9.17, 15) is 10.1 Å². The number of nitro groups is 1. The van der Waals surface area contributed by atoms with E-state index in [1.807, 2.05) is 24.3 Å². The van der Waals surface area contributed by atoms with Crippen LogP contribution in [0.5, 0.6) is 0 Å². The van der Waals surface area contributed by atoms with Gasteiger partial charge >= 0.3 is 0 Å². The van der Waals surface area contributed by atoms with Gasteiger partial charge in [-0.05, 0) is 43.3 Å². The molecule has 0 saturated heterocycles. The number of benzene rings is 2. The van der Waals surface area contributed by atoms with E-state index in [0.717, 1.165) is 24.5 Å². The summed E-state index contributed by atoms with van der Waals surface area (Å²) < 4.78 is 0. The van der Waals surface area contributed by atoms with E-state index in [2.05, 4.69) is 22.1 Å². The van der Waals surface area contributed by atoms with Crippen molar-refractivity contribution in [1.82, 2.24) is 0 Å². The third-order valence-electron chi connectivity index (χ3n) is 3.34. The fourth-order valence-corrected chi connectivity index (χ4v) is 2.11. The van der Waals surface area contributed by atoms with Gasteiger partial charge in [0.1, 0.15) is 0 Å². The molecule has 120 valence electrons. The van der Waals surface area contributed by atoms with Crippen molar-refractivity contribution >= 4 is 22.7 Å². The van der Waals surface area contributed by atoms with Crippen LogP contribution in [0.3, 0.4) is 0 Å². The molecule has 0 amide bonds. The van der Waals surface area contributed by atoms with Gasteiger partial charge in [0.2, 0.25) is 0 Å². The van der Waals surface area contributed by atoms with Crippen LogP contribution in [0.1, 0.15) is 6.92 Å². The van der Waals surface area contributed by atoms with Crippen molar-refractivity contribution in [3.8, 4) is 0 Å². The molecule has 0 aliphatic rings. The minimum atomic E-state index is -0.444. The minimum absolute atomic E-state index is 0.0351. The molecule has 0 aliphatic heterocycles. The summed E-state index contributed by atoms with van der Waals surface area (Å²) in [7, 11) is 0. The average Bonchev–Trinajstić information content (AvgIpc) is 2.59. The number of azo groups is 1. The van der Waals surface area contributed by atoms with Crippen LogP contribution in [0.25, 0.3) is 0 Å². The van der Waals surface area contributed by atoms with Gasteiger partial charge in [-0.15, -0.1) is 0 Å². The molecule has 2 rings (SSSR count). The zero-order valence-corrected chi connectivity index (χ0v) is 12.9. The van der Waals surface area contributed by atoms with E-state index in [-0.39, 0.29) is 5.69 Å². The number of likely N-dealkylation sites (N-methyl/N-ethyl adjacent to an activating group) is 1. The molecule has 23 heavy (non-hydrogen) atoms. The SMILES string of the molecule is CCN(CCN)c1ccc(N=Nc2ccc([N+](=O)[O-])cc2)cc1. The highest BCUT2D eigenvalue weighted by atomic mass is 16.6. The zero-order valence-electron chi connectivity index (χ0n) is 12.9. The van der Waals surface area contributed by atoms with Gasteiger partial charge in [-0.2, -0.15) is 10.2 Å². The van der Waals surface area contributed by atoms with Gasteiger partial charge in [-0.3, -0.25) is 10.1 Å². The first-order chi connectivity index (χ1) is 11.1. The lowest BCUT2D eigenvalue weighted by Gasteiger charge is -2.22. The van der Waals surface area contributed by atoms with Gasteiger partial charge in [0.05, 0.1) is 16.3 Å². The standard InChI is InChI=1S/C16H19N5O2/c1-2-20(12-11-17)15-7-3-13(4-8-15)18-19-14-5-9-16(10-6-14)21(22)23/h3-10H,2,11-12,17H2,1H3. The van der Waals surface area contributed by atoms with Crippen LogP contribution >= 0.6 is 0 Å². The normalized spacial score (nSPS) is 10.9. The lowest BCUT2D eigenvalue weighted by molar-refractivity contribution is -0.384. The van der Waals surface area contributed by atoms with E-state index in [4.69, 9.17) is 5.73 Å². The number of nitrogens with two attached hydrogens (primary N) is 1. The molecule has 0 atom stereocenters. The number of hydrogen-bond donors (Lipinski definition) is 1. The van der Waals surface area contributed by atoms with Crippen LogP contribution in [0, 0.1) is 10.1 Å². The molecule has 0 heterocycles. The van der Waals surface area contributed by atoms with E-state index >= 15 is 0 Å². The zero-order chi connectivity index (χ0) is 16.7. The Morgan fingerprint density at radius 2 is 1.57 bits per heavy atom. The highest BCUT2D eigenvalue weighted by Crippen LogP contribution is 2.23. The highest BCUT2D eigenvalue weighted by molar-refractivity contribution is 5.53. The Morgan fingerprint density at radius 1 is 1.04 bits per heavy atom. The Balaban J connectivity index is 2.06. The Morgan fingerprint density at radius 3 is 2.00 bits per heavy atom. The molecule has 0 aromatic heterocycles. The molecule has 2 aromatic rings. The summed E-state index contributed by atoms with van der Waals surface area (Å²) in [5, 5.41) is 18.8. The molecule has 2 N–H and O–H groups in total. The highest BCUT2D eigenvalue weighted by Gasteiger charge is 2.04. The molecular weight excluding hydrogens is 294 g/mol. The maximum absolute atomic E-state index is 10.6. The van der Waals surface area contributed by atoms with E-state index in [0.29, 0.717) is 12.2 Å². The molecule has 0 spiro atoms. The molecule has 2 aromatic carbocycles. The Hall–Kier alpha value is -2.80. The molecule has 7 heteroatoms. The van der Waals surface area contributed by atoms with Gasteiger partial charge in [0.15, 0.2) is 0 Å². The molecule has 7 nitrogen and oxygen atoms in total. The fourth-order valence-electron chi connectivity index (χ4n) is 2.11. The third kappa shape index (κ3) is 4.58. The topological polar surface area (TPSA) is 97.1 Å². The van der Waals surface area contributed by atoms with Crippen molar-refractivity contribution < 1.29 is 4.92 Å². The number of non-ortho nitro benzene ring substituents is 1. The summed E-state index contributed by atoms with van der Waals surface area (Å²) in [5.74, 6) is 0. The molecule has 0 saturated carbocycles. The van der Waals surface area contributed by atoms with Crippen molar-refractivity contribution in [2.45, 2.75) is 6.92 Å². The summed E-state index contributed by atoms with van der Waals surface area (Å²) in [5.41, 5.74) is 8.01. The molecular formula is C16H19N5O2. The molecule has 0 unspecified atom stereocenters.